The maximum absolute atomic E-state index is 6.48. The highest BCUT2D eigenvalue weighted by atomic mass is 16.3. The molecular formula is C45H27N3O3. The number of aryl methyl sites for hydroxylation is 1. The molecular weight excluding hydrogens is 631 g/mol. The van der Waals surface area contributed by atoms with Crippen LogP contribution < -0.4 is 0 Å². The van der Waals surface area contributed by atoms with Crippen LogP contribution in [0.25, 0.3) is 94.3 Å². The summed E-state index contributed by atoms with van der Waals surface area (Å²) in [5, 5.41) is 5.11. The number of hydrogen-bond acceptors (Lipinski definition) is 6. The van der Waals surface area contributed by atoms with Gasteiger partial charge in [0.1, 0.15) is 33.7 Å². The van der Waals surface area contributed by atoms with E-state index in [0.717, 1.165) is 107 Å². The lowest BCUT2D eigenvalue weighted by Crippen LogP contribution is -2.07. The quantitative estimate of drug-likeness (QED) is 0.187. The molecule has 1 aliphatic carbocycles. The lowest BCUT2D eigenvalue weighted by molar-refractivity contribution is 0.545. The number of allylic oxidation sites excluding steroid dienone is 1. The molecule has 0 aliphatic heterocycles. The van der Waals surface area contributed by atoms with Crippen LogP contribution in [0.2, 0.25) is 0 Å². The van der Waals surface area contributed by atoms with Crippen molar-refractivity contribution in [1.82, 2.24) is 15.0 Å². The summed E-state index contributed by atoms with van der Waals surface area (Å²) in [7, 11) is 0. The van der Waals surface area contributed by atoms with Crippen molar-refractivity contribution < 1.29 is 13.3 Å². The van der Waals surface area contributed by atoms with Gasteiger partial charge in [0.25, 0.3) is 0 Å². The predicted molar refractivity (Wildman–Crippen MR) is 202 cm³/mol. The van der Waals surface area contributed by atoms with Crippen LogP contribution in [-0.4, -0.2) is 15.0 Å². The minimum atomic E-state index is 0.566. The van der Waals surface area contributed by atoms with Gasteiger partial charge in [-0.3, -0.25) is 0 Å². The Morgan fingerprint density at radius 1 is 0.412 bits per heavy atom. The molecule has 0 radical (unpaired) electrons. The van der Waals surface area contributed by atoms with Crippen molar-refractivity contribution in [2.45, 2.75) is 12.8 Å². The van der Waals surface area contributed by atoms with Crippen molar-refractivity contribution in [2.75, 3.05) is 0 Å². The molecule has 0 bridgehead atoms. The van der Waals surface area contributed by atoms with Crippen molar-refractivity contribution >= 4 is 60.4 Å². The summed E-state index contributed by atoms with van der Waals surface area (Å²) in [6, 6.07) is 45.1. The molecule has 6 heteroatoms. The molecule has 4 aromatic heterocycles. The van der Waals surface area contributed by atoms with E-state index in [4.69, 9.17) is 28.2 Å². The van der Waals surface area contributed by atoms with E-state index in [-0.39, 0.29) is 0 Å². The lowest BCUT2D eigenvalue weighted by atomic mass is 9.91. The van der Waals surface area contributed by atoms with Gasteiger partial charge < -0.3 is 13.3 Å². The summed E-state index contributed by atoms with van der Waals surface area (Å²) >= 11 is 0. The van der Waals surface area contributed by atoms with Gasteiger partial charge in [0.15, 0.2) is 17.5 Å². The third-order valence-corrected chi connectivity index (χ3v) is 10.0. The zero-order chi connectivity index (χ0) is 33.5. The van der Waals surface area contributed by atoms with Crippen molar-refractivity contribution in [1.29, 1.82) is 0 Å². The van der Waals surface area contributed by atoms with Crippen LogP contribution in [-0.2, 0) is 6.42 Å². The standard InChI is InChI=1S/C45H27N3O3/c1-2-12-26(13-3-1)43-46-44(32-18-11-23-37-40(32)30-15-5-8-20-34(30)50-37)48-45(47-43)42-28(24-25-38-41(42)31-16-6-9-21-35(31)51-38)27-17-10-22-36-39(27)29-14-4-7-19-33(29)49-36/h1-10,12-22,24-25H,11,23H2. The number of hydrogen-bond donors (Lipinski definition) is 0. The summed E-state index contributed by atoms with van der Waals surface area (Å²) in [4.78, 5) is 15.9. The summed E-state index contributed by atoms with van der Waals surface area (Å²) < 4.78 is 19.2. The Morgan fingerprint density at radius 3 is 1.80 bits per heavy atom. The van der Waals surface area contributed by atoms with Gasteiger partial charge in [0, 0.05) is 55.6 Å². The predicted octanol–water partition coefficient (Wildman–Crippen LogP) is 11.8. The number of benzene rings is 6. The number of nitrogens with zero attached hydrogens (tertiary/aromatic N) is 3. The molecule has 0 atom stereocenters. The van der Waals surface area contributed by atoms with Gasteiger partial charge in [-0.15, -0.1) is 0 Å². The minimum absolute atomic E-state index is 0.566. The van der Waals surface area contributed by atoms with Crippen molar-refractivity contribution in [3.63, 3.8) is 0 Å². The number of para-hydroxylation sites is 3. The van der Waals surface area contributed by atoms with Crippen LogP contribution in [0.1, 0.15) is 23.6 Å². The van der Waals surface area contributed by atoms with Crippen LogP contribution in [0.4, 0.5) is 0 Å². The van der Waals surface area contributed by atoms with Gasteiger partial charge in [0.2, 0.25) is 0 Å². The summed E-state index contributed by atoms with van der Waals surface area (Å²) in [5.41, 5.74) is 9.91. The molecule has 0 unspecified atom stereocenters. The van der Waals surface area contributed by atoms with E-state index in [1.165, 1.54) is 0 Å². The van der Waals surface area contributed by atoms with Gasteiger partial charge in [-0.25, -0.2) is 15.0 Å². The third-order valence-electron chi connectivity index (χ3n) is 10.0. The van der Waals surface area contributed by atoms with Gasteiger partial charge in [-0.1, -0.05) is 103 Å². The smallest absolute Gasteiger partial charge is 0.165 e. The van der Waals surface area contributed by atoms with E-state index < -0.39 is 0 Å². The van der Waals surface area contributed by atoms with Crippen molar-refractivity contribution in [2.24, 2.45) is 0 Å². The van der Waals surface area contributed by atoms with E-state index in [0.29, 0.717) is 17.5 Å². The molecule has 10 aromatic rings. The average Bonchev–Trinajstić information content (AvgIpc) is 3.89. The Kier molecular flexibility index (Phi) is 5.98. The zero-order valence-electron chi connectivity index (χ0n) is 27.3. The summed E-state index contributed by atoms with van der Waals surface area (Å²) in [5.74, 6) is 2.73. The molecule has 0 saturated carbocycles. The van der Waals surface area contributed by atoms with Gasteiger partial charge in [-0.2, -0.15) is 0 Å². The highest BCUT2D eigenvalue weighted by Gasteiger charge is 2.27. The molecule has 0 spiro atoms. The SMILES string of the molecule is C1=C(c2nc(-c3ccccc3)nc(-c3c(-c4cccc5oc6ccccc6c45)ccc4oc5ccccc5c34)n2)c2c(oc3ccccc23)CC1. The summed E-state index contributed by atoms with van der Waals surface area (Å²) in [6.07, 6.45) is 3.89. The molecule has 6 aromatic carbocycles. The van der Waals surface area contributed by atoms with E-state index >= 15 is 0 Å². The number of aromatic nitrogens is 3. The normalized spacial score (nSPS) is 13.1. The molecule has 6 nitrogen and oxygen atoms in total. The van der Waals surface area contributed by atoms with E-state index in [1.807, 2.05) is 84.9 Å². The van der Waals surface area contributed by atoms with Crippen LogP contribution in [0.15, 0.2) is 153 Å². The van der Waals surface area contributed by atoms with E-state index in [1.54, 1.807) is 0 Å². The average molecular weight is 658 g/mol. The number of rotatable bonds is 4. The molecule has 0 saturated heterocycles. The van der Waals surface area contributed by atoms with E-state index in [9.17, 15) is 0 Å². The molecule has 0 fully saturated rings. The molecule has 51 heavy (non-hydrogen) atoms. The largest absolute Gasteiger partial charge is 0.460 e. The third kappa shape index (κ3) is 4.26. The first-order valence-electron chi connectivity index (χ1n) is 17.2. The maximum Gasteiger partial charge on any atom is 0.165 e. The molecule has 11 rings (SSSR count). The second-order valence-electron chi connectivity index (χ2n) is 13.0. The Labute approximate surface area is 291 Å². The molecule has 240 valence electrons. The molecule has 1 aliphatic rings. The van der Waals surface area contributed by atoms with Crippen LogP contribution in [0.3, 0.4) is 0 Å². The monoisotopic (exact) mass is 657 g/mol. The number of fused-ring (bicyclic) bond motifs is 9. The van der Waals surface area contributed by atoms with Crippen LogP contribution in [0.5, 0.6) is 0 Å². The van der Waals surface area contributed by atoms with Crippen LogP contribution >= 0.6 is 0 Å². The van der Waals surface area contributed by atoms with Gasteiger partial charge >= 0.3 is 0 Å². The first-order chi connectivity index (χ1) is 25.3. The first-order valence-corrected chi connectivity index (χ1v) is 17.2. The maximum atomic E-state index is 6.48. The second kappa shape index (κ2) is 10.9. The van der Waals surface area contributed by atoms with Crippen molar-refractivity contribution in [3.8, 4) is 33.9 Å². The Bertz CT molecular complexity index is 3040. The van der Waals surface area contributed by atoms with Gasteiger partial charge in [0.05, 0.1) is 0 Å². The molecule has 4 heterocycles. The Hall–Kier alpha value is -6.79. The first kappa shape index (κ1) is 28.1. The fourth-order valence-corrected chi connectivity index (χ4v) is 7.82. The zero-order valence-corrected chi connectivity index (χ0v) is 27.3. The Balaban J connectivity index is 1.26. The Morgan fingerprint density at radius 2 is 1.02 bits per heavy atom. The fourth-order valence-electron chi connectivity index (χ4n) is 7.82. The minimum Gasteiger partial charge on any atom is -0.460 e. The highest BCUT2D eigenvalue weighted by Crippen LogP contribution is 2.46. The summed E-state index contributed by atoms with van der Waals surface area (Å²) in [6.45, 7) is 0. The fraction of sp³-hybridized carbons (Fsp3) is 0.0444. The highest BCUT2D eigenvalue weighted by molar-refractivity contribution is 6.19. The number of furan rings is 3. The molecule has 0 N–H and O–H groups in total. The van der Waals surface area contributed by atoms with Crippen molar-refractivity contribution in [3.05, 3.63) is 157 Å². The van der Waals surface area contributed by atoms with Crippen LogP contribution in [0, 0.1) is 0 Å². The lowest BCUT2D eigenvalue weighted by Gasteiger charge is -2.16. The van der Waals surface area contributed by atoms with E-state index in [2.05, 4.69) is 54.6 Å². The second-order valence-corrected chi connectivity index (χ2v) is 13.0. The molecule has 0 amide bonds. The topological polar surface area (TPSA) is 78.1 Å². The van der Waals surface area contributed by atoms with Gasteiger partial charge in [-0.05, 0) is 53.9 Å².